The van der Waals surface area contributed by atoms with E-state index in [2.05, 4.69) is 42.6 Å². The minimum atomic E-state index is -0.203. The Morgan fingerprint density at radius 1 is 1.33 bits per heavy atom. The number of hydrogen-bond acceptors (Lipinski definition) is 3. The van der Waals surface area contributed by atoms with Crippen molar-refractivity contribution in [3.63, 3.8) is 0 Å². The zero-order valence-electron chi connectivity index (χ0n) is 13.0. The summed E-state index contributed by atoms with van der Waals surface area (Å²) in [5, 5.41) is 3.64. The number of likely N-dealkylation sites (tertiary alicyclic amines) is 1. The third-order valence-electron chi connectivity index (χ3n) is 4.11. The van der Waals surface area contributed by atoms with Crippen LogP contribution in [0.15, 0.2) is 30.3 Å². The molecule has 21 heavy (non-hydrogen) atoms. The van der Waals surface area contributed by atoms with Crippen LogP contribution in [0.1, 0.15) is 25.3 Å². The van der Waals surface area contributed by atoms with Crippen LogP contribution in [0.4, 0.5) is 4.79 Å². The molecule has 0 saturated carbocycles. The quantitative estimate of drug-likeness (QED) is 0.906. The van der Waals surface area contributed by atoms with E-state index in [-0.39, 0.29) is 6.09 Å². The molecule has 0 aromatic heterocycles. The predicted molar refractivity (Wildman–Crippen MR) is 84.3 cm³/mol. The Balaban J connectivity index is 1.66. The lowest BCUT2D eigenvalue weighted by molar-refractivity contribution is 0.109. The highest BCUT2D eigenvalue weighted by atomic mass is 16.5. The molecule has 4 nitrogen and oxygen atoms in total. The zero-order valence-corrected chi connectivity index (χ0v) is 13.0. The van der Waals surface area contributed by atoms with Crippen LogP contribution in [-0.2, 0) is 11.2 Å². The molecule has 1 saturated heterocycles. The van der Waals surface area contributed by atoms with Gasteiger partial charge in [-0.25, -0.2) is 4.79 Å². The Morgan fingerprint density at radius 3 is 2.62 bits per heavy atom. The highest BCUT2D eigenvalue weighted by Crippen LogP contribution is 2.13. The number of carbonyl (C=O) groups is 1. The van der Waals surface area contributed by atoms with Gasteiger partial charge in [0.2, 0.25) is 0 Å². The number of carbonyl (C=O) groups excluding carboxylic acids is 1. The van der Waals surface area contributed by atoms with Crippen LogP contribution in [0.5, 0.6) is 0 Å². The van der Waals surface area contributed by atoms with Crippen LogP contribution in [0, 0.1) is 5.92 Å². The van der Waals surface area contributed by atoms with Gasteiger partial charge in [-0.15, -0.1) is 0 Å². The maximum atomic E-state index is 11.4. The summed E-state index contributed by atoms with van der Waals surface area (Å²) in [6.45, 7) is 4.89. The van der Waals surface area contributed by atoms with Crippen molar-refractivity contribution in [3.8, 4) is 0 Å². The fraction of sp³-hybridized carbons (Fsp3) is 0.588. The van der Waals surface area contributed by atoms with Crippen LogP contribution in [0.2, 0.25) is 0 Å². The van der Waals surface area contributed by atoms with E-state index in [9.17, 15) is 4.79 Å². The molecule has 1 fully saturated rings. The van der Waals surface area contributed by atoms with Crippen molar-refractivity contribution in [1.29, 1.82) is 0 Å². The van der Waals surface area contributed by atoms with E-state index in [4.69, 9.17) is 4.74 Å². The van der Waals surface area contributed by atoms with E-state index < -0.39 is 0 Å². The summed E-state index contributed by atoms with van der Waals surface area (Å²) in [5.41, 5.74) is 1.40. The van der Waals surface area contributed by atoms with Crippen LogP contribution in [0.25, 0.3) is 0 Å². The second-order valence-corrected chi connectivity index (χ2v) is 5.93. The zero-order chi connectivity index (χ0) is 15.1. The van der Waals surface area contributed by atoms with Crippen molar-refractivity contribution in [2.75, 3.05) is 26.7 Å². The van der Waals surface area contributed by atoms with Crippen molar-refractivity contribution in [2.45, 2.75) is 32.2 Å². The predicted octanol–water partition coefficient (Wildman–Crippen LogP) is 2.69. The number of rotatable bonds is 5. The monoisotopic (exact) mass is 290 g/mol. The molecule has 2 rings (SSSR count). The third kappa shape index (κ3) is 5.05. The molecule has 1 amide bonds. The minimum absolute atomic E-state index is 0.203. The first-order chi connectivity index (χ1) is 10.2. The molecular formula is C17H26N2O2. The van der Waals surface area contributed by atoms with Gasteiger partial charge in [0, 0.05) is 19.1 Å². The molecule has 4 heteroatoms. The van der Waals surface area contributed by atoms with Crippen molar-refractivity contribution in [2.24, 2.45) is 5.92 Å². The van der Waals surface area contributed by atoms with E-state index in [1.165, 1.54) is 12.7 Å². The second-order valence-electron chi connectivity index (χ2n) is 5.93. The van der Waals surface area contributed by atoms with Gasteiger partial charge in [0.1, 0.15) is 0 Å². The maximum absolute atomic E-state index is 11.4. The number of ether oxygens (including phenoxy) is 1. The Bertz CT molecular complexity index is 428. The summed E-state index contributed by atoms with van der Waals surface area (Å²) in [5.74, 6) is 0.617. The Hall–Kier alpha value is -1.55. The first-order valence-corrected chi connectivity index (χ1v) is 7.79. The molecule has 1 aromatic rings. The van der Waals surface area contributed by atoms with Gasteiger partial charge in [0.25, 0.3) is 0 Å². The fourth-order valence-corrected chi connectivity index (χ4v) is 2.85. The normalized spacial score (nSPS) is 17.5. The number of benzene rings is 1. The number of hydrogen-bond donors (Lipinski definition) is 1. The number of methoxy groups -OCH3 is 1. The Morgan fingerprint density at radius 2 is 2.00 bits per heavy atom. The highest BCUT2D eigenvalue weighted by molar-refractivity contribution is 5.67. The molecule has 0 spiro atoms. The van der Waals surface area contributed by atoms with Crippen molar-refractivity contribution in [1.82, 2.24) is 10.2 Å². The SMILES string of the molecule is COC(=O)N1CCC(NC[C@@H](C)Cc2ccccc2)CC1. The van der Waals surface area contributed by atoms with E-state index in [0.29, 0.717) is 12.0 Å². The topological polar surface area (TPSA) is 41.6 Å². The average molecular weight is 290 g/mol. The molecule has 0 aliphatic carbocycles. The Kier molecular flexibility index (Phi) is 6.05. The summed E-state index contributed by atoms with van der Waals surface area (Å²) in [6, 6.07) is 11.1. The van der Waals surface area contributed by atoms with Gasteiger partial charge >= 0.3 is 6.09 Å². The molecule has 1 aliphatic rings. The van der Waals surface area contributed by atoms with Gasteiger partial charge in [-0.1, -0.05) is 37.3 Å². The third-order valence-corrected chi connectivity index (χ3v) is 4.11. The largest absolute Gasteiger partial charge is 0.453 e. The smallest absolute Gasteiger partial charge is 0.409 e. The number of nitrogens with one attached hydrogen (secondary N) is 1. The van der Waals surface area contributed by atoms with Gasteiger partial charge < -0.3 is 15.0 Å². The number of piperidine rings is 1. The number of nitrogens with zero attached hydrogens (tertiary/aromatic N) is 1. The summed E-state index contributed by atoms with van der Waals surface area (Å²) >= 11 is 0. The van der Waals surface area contributed by atoms with Crippen molar-refractivity contribution >= 4 is 6.09 Å². The molecule has 116 valence electrons. The summed E-state index contributed by atoms with van der Waals surface area (Å²) in [6.07, 6.45) is 2.92. The van der Waals surface area contributed by atoms with Crippen LogP contribution >= 0.6 is 0 Å². The summed E-state index contributed by atoms with van der Waals surface area (Å²) in [7, 11) is 1.44. The van der Waals surface area contributed by atoms with Crippen LogP contribution < -0.4 is 5.32 Å². The molecule has 0 unspecified atom stereocenters. The standard InChI is InChI=1S/C17H26N2O2/c1-14(12-15-6-4-3-5-7-15)13-18-16-8-10-19(11-9-16)17(20)21-2/h3-7,14,16,18H,8-13H2,1-2H3/t14-/m0/s1. The van der Waals surface area contributed by atoms with Gasteiger partial charge in [-0.3, -0.25) is 0 Å². The molecule has 0 bridgehead atoms. The molecule has 1 aliphatic heterocycles. The maximum Gasteiger partial charge on any atom is 0.409 e. The van der Waals surface area contributed by atoms with Crippen molar-refractivity contribution in [3.05, 3.63) is 35.9 Å². The lowest BCUT2D eigenvalue weighted by atomic mass is 9.99. The molecule has 1 N–H and O–H groups in total. The minimum Gasteiger partial charge on any atom is -0.453 e. The molecule has 1 heterocycles. The highest BCUT2D eigenvalue weighted by Gasteiger charge is 2.22. The van der Waals surface area contributed by atoms with Gasteiger partial charge in [0.05, 0.1) is 7.11 Å². The number of amides is 1. The molecular weight excluding hydrogens is 264 g/mol. The first kappa shape index (κ1) is 15.8. The molecule has 1 atom stereocenters. The van der Waals surface area contributed by atoms with E-state index in [0.717, 1.165) is 38.9 Å². The van der Waals surface area contributed by atoms with Crippen LogP contribution in [0.3, 0.4) is 0 Å². The second kappa shape index (κ2) is 8.03. The summed E-state index contributed by atoms with van der Waals surface area (Å²) < 4.78 is 4.76. The van der Waals surface area contributed by atoms with E-state index >= 15 is 0 Å². The van der Waals surface area contributed by atoms with Crippen LogP contribution in [-0.4, -0.2) is 43.8 Å². The Labute approximate surface area is 127 Å². The van der Waals surface area contributed by atoms with Gasteiger partial charge in [0.15, 0.2) is 0 Å². The van der Waals surface area contributed by atoms with Crippen molar-refractivity contribution < 1.29 is 9.53 Å². The van der Waals surface area contributed by atoms with E-state index in [1.807, 2.05) is 0 Å². The summed E-state index contributed by atoms with van der Waals surface area (Å²) in [4.78, 5) is 13.2. The average Bonchev–Trinajstić information content (AvgIpc) is 2.53. The fourth-order valence-electron chi connectivity index (χ4n) is 2.85. The van der Waals surface area contributed by atoms with Gasteiger partial charge in [-0.2, -0.15) is 0 Å². The first-order valence-electron chi connectivity index (χ1n) is 7.79. The molecule has 0 radical (unpaired) electrons. The lowest BCUT2D eigenvalue weighted by Gasteiger charge is -2.32. The van der Waals surface area contributed by atoms with E-state index in [1.54, 1.807) is 4.90 Å². The lowest BCUT2D eigenvalue weighted by Crippen LogP contribution is -2.45. The van der Waals surface area contributed by atoms with Gasteiger partial charge in [-0.05, 0) is 37.3 Å². The molecule has 1 aromatic carbocycles.